The zero-order chi connectivity index (χ0) is 16.7. The first-order chi connectivity index (χ1) is 11.6. The lowest BCUT2D eigenvalue weighted by atomic mass is 9.98. The van der Waals surface area contributed by atoms with E-state index in [-0.39, 0.29) is 35.5 Å². The van der Waals surface area contributed by atoms with Crippen LogP contribution in [0.25, 0.3) is 0 Å². The maximum atomic E-state index is 13.4. The fourth-order valence-corrected chi connectivity index (χ4v) is 4.06. The SMILES string of the molecule is O=C([C@@H]1CCCN1C(=O)C1CC1)N1CC[C@H](c2cccc(F)c2)C1. The van der Waals surface area contributed by atoms with Gasteiger partial charge in [-0.05, 0) is 49.8 Å². The van der Waals surface area contributed by atoms with Gasteiger partial charge in [-0.15, -0.1) is 0 Å². The minimum atomic E-state index is -0.274. The minimum Gasteiger partial charge on any atom is -0.340 e. The van der Waals surface area contributed by atoms with Crippen molar-refractivity contribution in [1.82, 2.24) is 9.80 Å². The van der Waals surface area contributed by atoms with Crippen molar-refractivity contribution < 1.29 is 14.0 Å². The zero-order valence-electron chi connectivity index (χ0n) is 13.8. The Labute approximate surface area is 141 Å². The molecule has 1 aromatic carbocycles. The van der Waals surface area contributed by atoms with Gasteiger partial charge < -0.3 is 9.80 Å². The number of rotatable bonds is 3. The first-order valence-electron chi connectivity index (χ1n) is 8.98. The molecule has 2 aliphatic heterocycles. The molecule has 4 rings (SSSR count). The van der Waals surface area contributed by atoms with Gasteiger partial charge in [0.25, 0.3) is 0 Å². The zero-order valence-corrected chi connectivity index (χ0v) is 13.8. The van der Waals surface area contributed by atoms with E-state index < -0.39 is 0 Å². The first kappa shape index (κ1) is 15.6. The monoisotopic (exact) mass is 330 g/mol. The molecule has 3 fully saturated rings. The molecule has 0 aromatic heterocycles. The van der Waals surface area contributed by atoms with Crippen LogP contribution in [0, 0.1) is 11.7 Å². The molecule has 0 spiro atoms. The Morgan fingerprint density at radius 2 is 1.88 bits per heavy atom. The smallest absolute Gasteiger partial charge is 0.245 e. The molecule has 1 aromatic rings. The fraction of sp³-hybridized carbons (Fsp3) is 0.579. The van der Waals surface area contributed by atoms with Gasteiger partial charge in [-0.1, -0.05) is 12.1 Å². The third kappa shape index (κ3) is 2.92. The predicted octanol–water partition coefficient (Wildman–Crippen LogP) is 2.54. The summed E-state index contributed by atoms with van der Waals surface area (Å²) < 4.78 is 13.4. The second-order valence-electron chi connectivity index (χ2n) is 7.29. The molecule has 0 unspecified atom stereocenters. The highest BCUT2D eigenvalue weighted by Crippen LogP contribution is 2.35. The number of amides is 2. The van der Waals surface area contributed by atoms with Gasteiger partial charge in [-0.3, -0.25) is 9.59 Å². The number of carbonyl (C=O) groups excluding carboxylic acids is 2. The summed E-state index contributed by atoms with van der Waals surface area (Å²) in [6.07, 6.45) is 4.50. The van der Waals surface area contributed by atoms with Gasteiger partial charge in [0.05, 0.1) is 0 Å². The molecule has 0 bridgehead atoms. The highest BCUT2D eigenvalue weighted by Gasteiger charge is 2.43. The molecule has 1 saturated carbocycles. The van der Waals surface area contributed by atoms with Gasteiger partial charge in [-0.25, -0.2) is 4.39 Å². The third-order valence-corrected chi connectivity index (χ3v) is 5.57. The van der Waals surface area contributed by atoms with Gasteiger partial charge >= 0.3 is 0 Å². The maximum absolute atomic E-state index is 13.4. The minimum absolute atomic E-state index is 0.0837. The van der Waals surface area contributed by atoms with E-state index in [1.54, 1.807) is 12.1 Å². The highest BCUT2D eigenvalue weighted by molar-refractivity contribution is 5.90. The summed E-state index contributed by atoms with van der Waals surface area (Å²) in [6, 6.07) is 6.39. The van der Waals surface area contributed by atoms with Crippen LogP contribution >= 0.6 is 0 Å². The Kier molecular flexibility index (Phi) is 4.02. The molecule has 2 saturated heterocycles. The van der Waals surface area contributed by atoms with Crippen LogP contribution in [-0.4, -0.2) is 47.3 Å². The lowest BCUT2D eigenvalue weighted by Crippen LogP contribution is -2.47. The number of carbonyl (C=O) groups is 2. The van der Waals surface area contributed by atoms with Crippen molar-refractivity contribution in [3.8, 4) is 0 Å². The second kappa shape index (κ2) is 6.19. The van der Waals surface area contributed by atoms with Crippen LogP contribution in [0.1, 0.15) is 43.6 Å². The van der Waals surface area contributed by atoms with E-state index in [4.69, 9.17) is 0 Å². The molecule has 128 valence electrons. The predicted molar refractivity (Wildman–Crippen MR) is 87.8 cm³/mol. The van der Waals surface area contributed by atoms with Gasteiger partial charge in [0, 0.05) is 31.5 Å². The maximum Gasteiger partial charge on any atom is 0.245 e. The number of hydrogen-bond donors (Lipinski definition) is 0. The molecule has 2 amide bonds. The van der Waals surface area contributed by atoms with Crippen LogP contribution in [-0.2, 0) is 9.59 Å². The van der Waals surface area contributed by atoms with Crippen LogP contribution in [0.4, 0.5) is 4.39 Å². The average Bonchev–Trinajstić information content (AvgIpc) is 3.12. The second-order valence-corrected chi connectivity index (χ2v) is 7.29. The topological polar surface area (TPSA) is 40.6 Å². The first-order valence-corrected chi connectivity index (χ1v) is 8.98. The van der Waals surface area contributed by atoms with Crippen molar-refractivity contribution >= 4 is 11.8 Å². The molecular formula is C19H23FN2O2. The van der Waals surface area contributed by atoms with Crippen molar-refractivity contribution in [3.05, 3.63) is 35.6 Å². The summed E-state index contributed by atoms with van der Waals surface area (Å²) in [6.45, 7) is 2.04. The standard InChI is InChI=1S/C19H23FN2O2/c20-16-4-1-3-14(11-16)15-8-10-21(12-15)19(24)17-5-2-9-22(17)18(23)13-6-7-13/h1,3-4,11,13,15,17H,2,5-10,12H2/t15-,17-/m0/s1. The van der Waals surface area contributed by atoms with Crippen molar-refractivity contribution in [3.63, 3.8) is 0 Å². The molecule has 1 aliphatic carbocycles. The van der Waals surface area contributed by atoms with E-state index >= 15 is 0 Å². The lowest BCUT2D eigenvalue weighted by Gasteiger charge is -2.28. The number of likely N-dealkylation sites (tertiary alicyclic amines) is 2. The van der Waals surface area contributed by atoms with Crippen molar-refractivity contribution in [2.45, 2.75) is 44.1 Å². The van der Waals surface area contributed by atoms with Crippen molar-refractivity contribution in [1.29, 1.82) is 0 Å². The Morgan fingerprint density at radius 3 is 2.62 bits per heavy atom. The Bertz CT molecular complexity index is 659. The van der Waals surface area contributed by atoms with Crippen LogP contribution in [0.2, 0.25) is 0 Å². The summed E-state index contributed by atoms with van der Waals surface area (Å²) in [5.74, 6) is 0.386. The Balaban J connectivity index is 1.42. The summed E-state index contributed by atoms with van der Waals surface area (Å²) >= 11 is 0. The molecule has 4 nitrogen and oxygen atoms in total. The largest absolute Gasteiger partial charge is 0.340 e. The van der Waals surface area contributed by atoms with Crippen LogP contribution in [0.5, 0.6) is 0 Å². The summed E-state index contributed by atoms with van der Waals surface area (Å²) in [4.78, 5) is 29.0. The number of halogens is 1. The number of benzene rings is 1. The van der Waals surface area contributed by atoms with E-state index in [2.05, 4.69) is 0 Å². The lowest BCUT2D eigenvalue weighted by molar-refractivity contribution is -0.143. The van der Waals surface area contributed by atoms with E-state index in [9.17, 15) is 14.0 Å². The van der Waals surface area contributed by atoms with E-state index in [1.807, 2.05) is 15.9 Å². The van der Waals surface area contributed by atoms with E-state index in [0.717, 1.165) is 37.7 Å². The number of nitrogens with zero attached hydrogens (tertiary/aromatic N) is 2. The summed E-state index contributed by atoms with van der Waals surface area (Å²) in [7, 11) is 0. The molecule has 3 aliphatic rings. The summed E-state index contributed by atoms with van der Waals surface area (Å²) in [5.41, 5.74) is 0.961. The fourth-order valence-electron chi connectivity index (χ4n) is 4.06. The van der Waals surface area contributed by atoms with Gasteiger partial charge in [-0.2, -0.15) is 0 Å². The third-order valence-electron chi connectivity index (χ3n) is 5.57. The normalized spacial score (nSPS) is 26.9. The highest BCUT2D eigenvalue weighted by atomic mass is 19.1. The summed E-state index contributed by atoms with van der Waals surface area (Å²) in [5, 5.41) is 0. The van der Waals surface area contributed by atoms with Crippen LogP contribution < -0.4 is 0 Å². The Morgan fingerprint density at radius 1 is 1.04 bits per heavy atom. The average molecular weight is 330 g/mol. The van der Waals surface area contributed by atoms with Crippen LogP contribution in [0.3, 0.4) is 0 Å². The molecule has 5 heteroatoms. The van der Waals surface area contributed by atoms with Crippen LogP contribution in [0.15, 0.2) is 24.3 Å². The van der Waals surface area contributed by atoms with E-state index in [1.165, 1.54) is 6.07 Å². The molecular weight excluding hydrogens is 307 g/mol. The molecule has 2 heterocycles. The molecule has 24 heavy (non-hydrogen) atoms. The number of hydrogen-bond acceptors (Lipinski definition) is 2. The Hall–Kier alpha value is -1.91. The van der Waals surface area contributed by atoms with Crippen molar-refractivity contribution in [2.75, 3.05) is 19.6 Å². The quantitative estimate of drug-likeness (QED) is 0.854. The molecule has 0 N–H and O–H groups in total. The molecule has 2 atom stereocenters. The van der Waals surface area contributed by atoms with Gasteiger partial charge in [0.2, 0.25) is 11.8 Å². The molecule has 0 radical (unpaired) electrons. The van der Waals surface area contributed by atoms with Gasteiger partial charge in [0.15, 0.2) is 0 Å². The van der Waals surface area contributed by atoms with Gasteiger partial charge in [0.1, 0.15) is 11.9 Å². The van der Waals surface area contributed by atoms with E-state index in [0.29, 0.717) is 19.6 Å². The van der Waals surface area contributed by atoms with Crippen molar-refractivity contribution in [2.24, 2.45) is 5.92 Å².